The predicted molar refractivity (Wildman–Crippen MR) is 134 cm³/mol. The van der Waals surface area contributed by atoms with E-state index in [-0.39, 0.29) is 5.92 Å². The third-order valence-electron chi connectivity index (χ3n) is 4.85. The lowest BCUT2D eigenvalue weighted by molar-refractivity contribution is 0.909. The molecule has 5 rings (SSSR count). The van der Waals surface area contributed by atoms with Crippen LogP contribution >= 0.6 is 27.9 Å². The van der Waals surface area contributed by atoms with E-state index in [1.165, 1.54) is 0 Å². The normalized spacial score (nSPS) is 13.4. The fourth-order valence-electron chi connectivity index (χ4n) is 3.26. The number of nitrogens with zero attached hydrogens (tertiary/aromatic N) is 4. The van der Waals surface area contributed by atoms with Crippen LogP contribution in [0.1, 0.15) is 11.6 Å². The van der Waals surface area contributed by atoms with Crippen molar-refractivity contribution in [2.24, 2.45) is 0 Å². The first-order valence-corrected chi connectivity index (χ1v) is 11.6. The third-order valence-corrected chi connectivity index (χ3v) is 6.26. The van der Waals surface area contributed by atoms with E-state index in [9.17, 15) is 0 Å². The summed E-state index contributed by atoms with van der Waals surface area (Å²) in [5, 5.41) is 7.97. The molecule has 32 heavy (non-hydrogen) atoms. The van der Waals surface area contributed by atoms with Crippen molar-refractivity contribution in [3.8, 4) is 0 Å². The van der Waals surface area contributed by atoms with Gasteiger partial charge in [0.2, 0.25) is 0 Å². The van der Waals surface area contributed by atoms with Crippen molar-refractivity contribution in [2.75, 3.05) is 10.0 Å². The van der Waals surface area contributed by atoms with Gasteiger partial charge in [-0.2, -0.15) is 9.61 Å². The van der Waals surface area contributed by atoms with E-state index in [4.69, 9.17) is 4.98 Å². The molecule has 0 bridgehead atoms. The van der Waals surface area contributed by atoms with Gasteiger partial charge in [0.1, 0.15) is 5.82 Å². The van der Waals surface area contributed by atoms with Crippen LogP contribution in [0.2, 0.25) is 0 Å². The molecule has 8 heteroatoms. The Morgan fingerprint density at radius 1 is 0.906 bits per heavy atom. The number of aromatic nitrogens is 4. The Kier molecular flexibility index (Phi) is 6.04. The molecule has 0 unspecified atom stereocenters. The van der Waals surface area contributed by atoms with Crippen molar-refractivity contribution in [1.82, 2.24) is 19.6 Å². The fraction of sp³-hybridized carbons (Fsp3) is 0.0417. The highest BCUT2D eigenvalue weighted by molar-refractivity contribution is 9.10. The van der Waals surface area contributed by atoms with Crippen molar-refractivity contribution >= 4 is 50.7 Å². The smallest absolute Gasteiger partial charge is 0.171 e. The Hall–Kier alpha value is -3.36. The molecule has 3 heterocycles. The van der Waals surface area contributed by atoms with Gasteiger partial charge < -0.3 is 10.0 Å². The number of hydrogen-bond donors (Lipinski definition) is 2. The highest BCUT2D eigenvalue weighted by Crippen LogP contribution is 2.29. The van der Waals surface area contributed by atoms with Gasteiger partial charge >= 0.3 is 0 Å². The summed E-state index contributed by atoms with van der Waals surface area (Å²) in [7, 11) is 0. The van der Waals surface area contributed by atoms with Gasteiger partial charge in [0, 0.05) is 40.6 Å². The second kappa shape index (κ2) is 9.42. The van der Waals surface area contributed by atoms with Crippen LogP contribution in [-0.4, -0.2) is 19.6 Å². The van der Waals surface area contributed by atoms with Crippen molar-refractivity contribution in [2.45, 2.75) is 10.8 Å². The average molecular weight is 503 g/mol. The van der Waals surface area contributed by atoms with Crippen molar-refractivity contribution in [1.29, 1.82) is 0 Å². The average Bonchev–Trinajstić information content (AvgIpc) is 3.02. The van der Waals surface area contributed by atoms with Crippen LogP contribution in [0.4, 0.5) is 17.2 Å². The van der Waals surface area contributed by atoms with Gasteiger partial charge in [-0.1, -0.05) is 36.5 Å². The maximum absolute atomic E-state index is 4.84. The SMILES string of the molecule is Brc1cnn2c(Nc3ccc(SNc4ccncc4)cc3)cc(C3C=CC=CC=C3)nc12. The molecule has 4 aromatic rings. The third kappa shape index (κ3) is 4.61. The minimum atomic E-state index is 0.0930. The van der Waals surface area contributed by atoms with Crippen molar-refractivity contribution < 1.29 is 0 Å². The standard InChI is InChI=1S/C24H19BrN6S/c25-21-16-27-31-23(15-22(29-24(21)31)17-5-3-1-2-4-6-17)28-18-7-9-20(10-8-18)32-30-19-11-13-26-14-12-19/h1-17,28H,(H,26,30). The lowest BCUT2D eigenvalue weighted by atomic mass is 10.0. The Balaban J connectivity index is 1.38. The Labute approximate surface area is 198 Å². The maximum Gasteiger partial charge on any atom is 0.171 e. The summed E-state index contributed by atoms with van der Waals surface area (Å²) in [5.74, 6) is 0.945. The summed E-state index contributed by atoms with van der Waals surface area (Å²) < 4.78 is 5.98. The summed E-state index contributed by atoms with van der Waals surface area (Å²) in [4.78, 5) is 9.98. The zero-order chi connectivity index (χ0) is 21.8. The molecule has 6 nitrogen and oxygen atoms in total. The minimum absolute atomic E-state index is 0.0930. The second-order valence-corrected chi connectivity index (χ2v) is 8.80. The second-order valence-electron chi connectivity index (χ2n) is 7.06. The molecule has 2 N–H and O–H groups in total. The zero-order valence-corrected chi connectivity index (χ0v) is 19.3. The van der Waals surface area contributed by atoms with E-state index in [0.717, 1.165) is 37.9 Å². The molecule has 0 atom stereocenters. The topological polar surface area (TPSA) is 67.1 Å². The molecular weight excluding hydrogens is 484 g/mol. The fourth-order valence-corrected chi connectivity index (χ4v) is 4.26. The van der Waals surface area contributed by atoms with Gasteiger partial charge in [-0.25, -0.2) is 4.98 Å². The quantitative estimate of drug-likeness (QED) is 0.292. The minimum Gasteiger partial charge on any atom is -0.340 e. The molecule has 1 aliphatic rings. The molecule has 0 radical (unpaired) electrons. The van der Waals surface area contributed by atoms with Crippen LogP contribution in [-0.2, 0) is 0 Å². The van der Waals surface area contributed by atoms with E-state index < -0.39 is 0 Å². The summed E-state index contributed by atoms with van der Waals surface area (Å²) in [6.45, 7) is 0. The molecule has 158 valence electrons. The molecule has 0 amide bonds. The van der Waals surface area contributed by atoms with Crippen LogP contribution in [0.5, 0.6) is 0 Å². The zero-order valence-electron chi connectivity index (χ0n) is 16.9. The van der Waals surface area contributed by atoms with Gasteiger partial charge in [-0.3, -0.25) is 4.98 Å². The lowest BCUT2D eigenvalue weighted by Gasteiger charge is -2.13. The van der Waals surface area contributed by atoms with Crippen LogP contribution < -0.4 is 10.0 Å². The number of halogens is 1. The molecule has 3 aromatic heterocycles. The molecular formula is C24H19BrN6S. The number of benzene rings is 1. The first kappa shape index (κ1) is 20.5. The molecule has 1 aliphatic carbocycles. The largest absolute Gasteiger partial charge is 0.340 e. The molecule has 0 aliphatic heterocycles. The number of fused-ring (bicyclic) bond motifs is 1. The number of nitrogens with one attached hydrogen (secondary N) is 2. The Bertz CT molecular complexity index is 1300. The molecule has 0 fully saturated rings. The van der Waals surface area contributed by atoms with E-state index in [1.807, 2.05) is 47.0 Å². The maximum atomic E-state index is 4.84. The van der Waals surface area contributed by atoms with Crippen LogP contribution in [0.3, 0.4) is 0 Å². The predicted octanol–water partition coefficient (Wildman–Crippen LogP) is 6.52. The van der Waals surface area contributed by atoms with Gasteiger partial charge in [0.15, 0.2) is 5.65 Å². The first-order valence-electron chi connectivity index (χ1n) is 10.0. The molecule has 0 spiro atoms. The lowest BCUT2D eigenvalue weighted by Crippen LogP contribution is -2.05. The van der Waals surface area contributed by atoms with Gasteiger partial charge in [-0.05, 0) is 64.3 Å². The number of hydrogen-bond acceptors (Lipinski definition) is 6. The number of pyridine rings is 1. The van der Waals surface area contributed by atoms with Gasteiger partial charge in [0.25, 0.3) is 0 Å². The van der Waals surface area contributed by atoms with E-state index >= 15 is 0 Å². The summed E-state index contributed by atoms with van der Waals surface area (Å²) >= 11 is 5.13. The number of allylic oxidation sites excluding steroid dienone is 6. The molecule has 0 saturated heterocycles. The summed E-state index contributed by atoms with van der Waals surface area (Å²) in [6, 6.07) is 14.2. The first-order chi connectivity index (χ1) is 15.8. The van der Waals surface area contributed by atoms with Crippen molar-refractivity contribution in [3.63, 3.8) is 0 Å². The number of rotatable bonds is 6. The highest BCUT2D eigenvalue weighted by atomic mass is 79.9. The van der Waals surface area contributed by atoms with Gasteiger partial charge in [0.05, 0.1) is 16.4 Å². The molecule has 0 saturated carbocycles. The van der Waals surface area contributed by atoms with E-state index in [1.54, 1.807) is 30.5 Å². The van der Waals surface area contributed by atoms with E-state index in [2.05, 4.69) is 72.5 Å². The summed E-state index contributed by atoms with van der Waals surface area (Å²) in [5.41, 5.74) is 3.71. The Morgan fingerprint density at radius 2 is 1.66 bits per heavy atom. The number of anilines is 3. The summed E-state index contributed by atoms with van der Waals surface area (Å²) in [6.07, 6.45) is 17.7. The van der Waals surface area contributed by atoms with Crippen molar-refractivity contribution in [3.05, 3.63) is 108 Å². The van der Waals surface area contributed by atoms with Crippen LogP contribution in [0, 0.1) is 0 Å². The Morgan fingerprint density at radius 3 is 2.41 bits per heavy atom. The van der Waals surface area contributed by atoms with E-state index in [0.29, 0.717) is 0 Å². The van der Waals surface area contributed by atoms with Crippen LogP contribution in [0.25, 0.3) is 5.65 Å². The monoisotopic (exact) mass is 502 g/mol. The van der Waals surface area contributed by atoms with Gasteiger partial charge in [-0.15, -0.1) is 0 Å². The van der Waals surface area contributed by atoms with Crippen LogP contribution in [0.15, 0.2) is 107 Å². The highest BCUT2D eigenvalue weighted by Gasteiger charge is 2.15. The molecule has 1 aromatic carbocycles.